The number of aliphatic hydroxyl groups excluding tert-OH is 6. The standard InChI is InChI=1S/C28H50N6O15/c29-5-12-18(38)11(36)2-15(44-12)47-23-14(7-35)46-26(21(23)41)49-24-17(37)10(34-27(42)28(43)3-8(31)4-28)1-9(32)22(24)48-25-16(33)20(40)19(39)13(6-30)45-25/h8-10,12-26,35,37-41,43H,1-7,29-33H2,(H,34,42)/t8?,9-,10?,12-,13+,14+,15+,16+,17-,18-,19+,20-,21+,22+,23+,24+,25+,26?,28?/m0/s1. The highest BCUT2D eigenvalue weighted by molar-refractivity contribution is 5.86. The number of Topliss-reactive ketones (excluding diaryl/α,β-unsaturated/α-hetero) is 1. The minimum absolute atomic E-state index is 0.0000967. The molecule has 0 radical (unpaired) electrons. The Balaban J connectivity index is 1.35. The highest BCUT2D eigenvalue weighted by atomic mass is 16.8. The van der Waals surface area contributed by atoms with Crippen molar-refractivity contribution in [3.8, 4) is 0 Å². The molecule has 0 spiro atoms. The Morgan fingerprint density at radius 3 is 2.06 bits per heavy atom. The van der Waals surface area contributed by atoms with Crippen molar-refractivity contribution in [2.75, 3.05) is 19.7 Å². The Bertz CT molecular complexity index is 1150. The highest BCUT2D eigenvalue weighted by Crippen LogP contribution is 2.36. The van der Waals surface area contributed by atoms with Crippen LogP contribution in [0.15, 0.2) is 0 Å². The first-order chi connectivity index (χ1) is 23.1. The van der Waals surface area contributed by atoms with Gasteiger partial charge in [0.15, 0.2) is 24.7 Å². The fourth-order valence-corrected chi connectivity index (χ4v) is 6.97. The van der Waals surface area contributed by atoms with Gasteiger partial charge in [0.1, 0.15) is 72.7 Å². The van der Waals surface area contributed by atoms with Crippen LogP contribution >= 0.6 is 0 Å². The van der Waals surface area contributed by atoms with Gasteiger partial charge in [0.05, 0.1) is 25.1 Å². The second-order valence-corrected chi connectivity index (χ2v) is 13.5. The molecule has 17 atom stereocenters. The third-order valence-corrected chi connectivity index (χ3v) is 9.91. The quantitative estimate of drug-likeness (QED) is 0.0946. The average molecular weight is 711 g/mol. The minimum atomic E-state index is -1.75. The van der Waals surface area contributed by atoms with Crippen LogP contribution in [0.25, 0.3) is 0 Å². The zero-order chi connectivity index (χ0) is 35.9. The molecule has 0 aromatic heterocycles. The molecule has 3 aliphatic heterocycles. The first-order valence-electron chi connectivity index (χ1n) is 16.3. The van der Waals surface area contributed by atoms with Gasteiger partial charge in [0.25, 0.3) is 5.91 Å². The van der Waals surface area contributed by atoms with E-state index < -0.39 is 128 Å². The molecule has 21 heteroatoms. The summed E-state index contributed by atoms with van der Waals surface area (Å²) in [4.78, 5) is 25.3. The predicted octanol–water partition coefficient (Wildman–Crippen LogP) is -8.61. The van der Waals surface area contributed by atoms with E-state index in [9.17, 15) is 45.3 Å². The normalized spacial score (nSPS) is 50.6. The summed E-state index contributed by atoms with van der Waals surface area (Å²) in [6, 6.07) is -3.86. The molecule has 5 rings (SSSR count). The number of ether oxygens (including phenoxy) is 6. The Morgan fingerprint density at radius 2 is 1.45 bits per heavy atom. The SMILES string of the molecule is NC[C@@H]1O[C@H](O[C@@H]2[C@@H](CO)OC(O[C@H]3[C@H](O[C@H]4O[C@H](CN)[C@@H](O)[C@@H](O)[C@H]4N)[C@@H](N)CC(NC(=O)C4(O)CC(N)C4)[C@@H]3O)[C@@H]2O)CC(=O)[C@@H]1O. The molecule has 49 heavy (non-hydrogen) atoms. The van der Waals surface area contributed by atoms with Crippen LogP contribution < -0.4 is 34.0 Å². The van der Waals surface area contributed by atoms with E-state index in [2.05, 4.69) is 5.32 Å². The van der Waals surface area contributed by atoms with Gasteiger partial charge >= 0.3 is 0 Å². The first-order valence-corrected chi connectivity index (χ1v) is 16.3. The van der Waals surface area contributed by atoms with Crippen LogP contribution in [0.5, 0.6) is 0 Å². The van der Waals surface area contributed by atoms with E-state index in [1.807, 2.05) is 0 Å². The van der Waals surface area contributed by atoms with Crippen molar-refractivity contribution in [2.24, 2.45) is 28.7 Å². The first kappa shape index (κ1) is 38.6. The van der Waals surface area contributed by atoms with Crippen LogP contribution in [-0.2, 0) is 38.0 Å². The maximum Gasteiger partial charge on any atom is 0.252 e. The van der Waals surface area contributed by atoms with Crippen LogP contribution in [0, 0.1) is 0 Å². The fraction of sp³-hybridized carbons (Fsp3) is 0.929. The number of hydrogen-bond acceptors (Lipinski definition) is 20. The Hall–Kier alpha value is -1.58. The topological polar surface area (TPSA) is 373 Å². The van der Waals surface area contributed by atoms with Crippen LogP contribution in [0.2, 0.25) is 0 Å². The van der Waals surface area contributed by atoms with Gasteiger partial charge in [-0.15, -0.1) is 0 Å². The molecule has 0 bridgehead atoms. The van der Waals surface area contributed by atoms with E-state index in [4.69, 9.17) is 57.1 Å². The van der Waals surface area contributed by atoms with Gasteiger partial charge in [-0.2, -0.15) is 0 Å². The molecule has 3 heterocycles. The average Bonchev–Trinajstić information content (AvgIpc) is 3.34. The molecule has 5 fully saturated rings. The molecule has 18 N–H and O–H groups in total. The Morgan fingerprint density at radius 1 is 0.816 bits per heavy atom. The number of hydrogen-bond donors (Lipinski definition) is 13. The summed E-state index contributed by atoms with van der Waals surface area (Å²) in [6.45, 7) is -1.11. The molecule has 1 amide bonds. The maximum atomic E-state index is 13.0. The molecule has 0 aromatic carbocycles. The van der Waals surface area contributed by atoms with Gasteiger partial charge in [-0.25, -0.2) is 0 Å². The van der Waals surface area contributed by atoms with Crippen molar-refractivity contribution in [1.29, 1.82) is 0 Å². The van der Waals surface area contributed by atoms with Crippen molar-refractivity contribution in [2.45, 2.75) is 141 Å². The van der Waals surface area contributed by atoms with E-state index in [0.29, 0.717) is 0 Å². The Kier molecular flexibility index (Phi) is 12.3. The van der Waals surface area contributed by atoms with Crippen LogP contribution in [0.4, 0.5) is 0 Å². The molecule has 3 saturated heterocycles. The van der Waals surface area contributed by atoms with E-state index in [1.54, 1.807) is 0 Å². The monoisotopic (exact) mass is 710 g/mol. The van der Waals surface area contributed by atoms with Gasteiger partial charge in [0.2, 0.25) is 0 Å². The van der Waals surface area contributed by atoms with Crippen molar-refractivity contribution in [3.05, 3.63) is 0 Å². The summed E-state index contributed by atoms with van der Waals surface area (Å²) in [5, 5.41) is 77.0. The molecule has 21 nitrogen and oxygen atoms in total. The smallest absolute Gasteiger partial charge is 0.252 e. The minimum Gasteiger partial charge on any atom is -0.394 e. The van der Waals surface area contributed by atoms with E-state index in [1.165, 1.54) is 0 Å². The summed E-state index contributed by atoms with van der Waals surface area (Å²) in [5.74, 6) is -1.40. The molecule has 5 aliphatic rings. The van der Waals surface area contributed by atoms with Gasteiger partial charge in [0, 0.05) is 38.0 Å². The lowest BCUT2D eigenvalue weighted by Crippen LogP contribution is -2.70. The van der Waals surface area contributed by atoms with Crippen LogP contribution in [-0.4, -0.2) is 183 Å². The molecule has 0 aromatic rings. The molecule has 282 valence electrons. The zero-order valence-corrected chi connectivity index (χ0v) is 26.6. The number of nitrogens with one attached hydrogen (secondary N) is 1. The number of rotatable bonds is 11. The molecular weight excluding hydrogens is 660 g/mol. The van der Waals surface area contributed by atoms with Crippen LogP contribution in [0.1, 0.15) is 25.7 Å². The molecule has 2 saturated carbocycles. The summed E-state index contributed by atoms with van der Waals surface area (Å²) >= 11 is 0. The number of carbonyl (C=O) groups is 2. The predicted molar refractivity (Wildman–Crippen MR) is 160 cm³/mol. The van der Waals surface area contributed by atoms with Crippen molar-refractivity contribution in [1.82, 2.24) is 5.32 Å². The highest BCUT2D eigenvalue weighted by Gasteiger charge is 2.55. The lowest BCUT2D eigenvalue weighted by atomic mass is 9.75. The number of carbonyl (C=O) groups excluding carboxylic acids is 2. The van der Waals surface area contributed by atoms with Gasteiger partial charge in [-0.3, -0.25) is 9.59 Å². The molecule has 2 aliphatic carbocycles. The summed E-state index contributed by atoms with van der Waals surface area (Å²) in [5.41, 5.74) is 27.9. The van der Waals surface area contributed by atoms with Crippen molar-refractivity contribution >= 4 is 11.7 Å². The summed E-state index contributed by atoms with van der Waals surface area (Å²) in [6.07, 6.45) is -20.2. The summed E-state index contributed by atoms with van der Waals surface area (Å²) < 4.78 is 34.9. The number of ketones is 1. The van der Waals surface area contributed by atoms with Gasteiger partial charge in [-0.1, -0.05) is 0 Å². The maximum absolute atomic E-state index is 13.0. The van der Waals surface area contributed by atoms with E-state index >= 15 is 0 Å². The lowest BCUT2D eigenvalue weighted by Gasteiger charge is -2.48. The van der Waals surface area contributed by atoms with Gasteiger partial charge in [-0.05, 0) is 6.42 Å². The molecule has 2 unspecified atom stereocenters. The lowest BCUT2D eigenvalue weighted by molar-refractivity contribution is -0.307. The van der Waals surface area contributed by atoms with Crippen molar-refractivity contribution in [3.63, 3.8) is 0 Å². The number of nitrogens with two attached hydrogens (primary N) is 5. The fourth-order valence-electron chi connectivity index (χ4n) is 6.97. The van der Waals surface area contributed by atoms with Crippen molar-refractivity contribution < 1.29 is 73.8 Å². The second-order valence-electron chi connectivity index (χ2n) is 13.5. The third-order valence-electron chi connectivity index (χ3n) is 9.91. The largest absolute Gasteiger partial charge is 0.394 e. The van der Waals surface area contributed by atoms with E-state index in [0.717, 1.165) is 0 Å². The Labute approximate surface area is 280 Å². The van der Waals surface area contributed by atoms with Gasteiger partial charge < -0.3 is 98.2 Å². The third kappa shape index (κ3) is 7.79. The van der Waals surface area contributed by atoms with E-state index in [-0.39, 0.29) is 44.8 Å². The van der Waals surface area contributed by atoms with Crippen LogP contribution in [0.3, 0.4) is 0 Å². The number of aliphatic hydroxyl groups is 7. The second kappa shape index (κ2) is 15.6. The number of amides is 1. The molecular formula is C28H50N6O15. The summed E-state index contributed by atoms with van der Waals surface area (Å²) in [7, 11) is 0. The zero-order valence-electron chi connectivity index (χ0n) is 26.6.